The molecular weight excluding hydrogens is 522 g/mol. The molecule has 0 unspecified atom stereocenters. The third kappa shape index (κ3) is 11.7. The van der Waals surface area contributed by atoms with Crippen molar-refractivity contribution in [1.29, 1.82) is 0 Å². The van der Waals surface area contributed by atoms with Crippen LogP contribution >= 0.6 is 0 Å². The second-order valence-corrected chi connectivity index (χ2v) is 8.21. The van der Waals surface area contributed by atoms with E-state index in [4.69, 9.17) is 10.2 Å². The van der Waals surface area contributed by atoms with Crippen LogP contribution in [0.15, 0.2) is 60.7 Å². The molecule has 0 spiro atoms. The van der Waals surface area contributed by atoms with Gasteiger partial charge in [0.15, 0.2) is 0 Å². The Kier molecular flexibility index (Phi) is 13.3. The number of hydrogen-bond acceptors (Lipinski definition) is 4. The van der Waals surface area contributed by atoms with Gasteiger partial charge < -0.3 is 20.0 Å². The van der Waals surface area contributed by atoms with E-state index in [1.165, 1.54) is 58.3 Å². The average Bonchev–Trinajstić information content (AvgIpc) is 2.93. The number of halogens is 2. The van der Waals surface area contributed by atoms with Crippen molar-refractivity contribution in [3.63, 3.8) is 0 Å². The highest BCUT2D eigenvalue weighted by Gasteiger charge is 2.07. The van der Waals surface area contributed by atoms with E-state index in [1.54, 1.807) is 28.2 Å². The molecule has 0 radical (unpaired) electrons. The van der Waals surface area contributed by atoms with Crippen LogP contribution in [0.2, 0.25) is 0 Å². The van der Waals surface area contributed by atoms with Gasteiger partial charge in [0, 0.05) is 39.3 Å². The fourth-order valence-electron chi connectivity index (χ4n) is 2.41. The van der Waals surface area contributed by atoms with E-state index < -0.39 is 23.6 Å². The molecule has 0 saturated heterocycles. The predicted molar refractivity (Wildman–Crippen MR) is 145 cm³/mol. The van der Waals surface area contributed by atoms with Gasteiger partial charge in [-0.05, 0) is 60.7 Å². The van der Waals surface area contributed by atoms with Crippen molar-refractivity contribution in [2.75, 3.05) is 28.2 Å². The summed E-state index contributed by atoms with van der Waals surface area (Å²) in [5, 5.41) is 17.7. The second-order valence-electron chi connectivity index (χ2n) is 8.21. The van der Waals surface area contributed by atoms with E-state index in [2.05, 4.69) is 23.7 Å². The molecule has 206 valence electrons. The van der Waals surface area contributed by atoms with Gasteiger partial charge in [0.1, 0.15) is 11.6 Å². The van der Waals surface area contributed by atoms with Crippen LogP contribution in [0.1, 0.15) is 43.0 Å². The molecule has 0 aromatic heterocycles. The van der Waals surface area contributed by atoms with E-state index in [0.717, 1.165) is 25.0 Å². The number of carboxylic acids is 2. The number of carboxylic acid groups (broad SMARTS) is 2. The molecule has 0 atom stereocenters. The molecule has 0 heterocycles. The van der Waals surface area contributed by atoms with Gasteiger partial charge in [-0.3, -0.25) is 9.59 Å². The number of aromatic carboxylic acids is 2. The highest BCUT2D eigenvalue weighted by atomic mass is 19.1. The van der Waals surface area contributed by atoms with Gasteiger partial charge in [0.25, 0.3) is 0 Å². The number of carbonyl (C=O) groups is 4. The van der Waals surface area contributed by atoms with Gasteiger partial charge in [0.05, 0.1) is 22.3 Å². The Hall–Kier alpha value is -5.48. The van der Waals surface area contributed by atoms with E-state index in [9.17, 15) is 28.0 Å². The van der Waals surface area contributed by atoms with Crippen molar-refractivity contribution in [2.24, 2.45) is 0 Å². The fourth-order valence-corrected chi connectivity index (χ4v) is 2.41. The molecule has 0 bridgehead atoms. The molecule has 0 fully saturated rings. The van der Waals surface area contributed by atoms with Crippen molar-refractivity contribution in [3.05, 3.63) is 106 Å². The van der Waals surface area contributed by atoms with Crippen LogP contribution in [-0.2, 0) is 9.59 Å². The zero-order chi connectivity index (χ0) is 30.2. The van der Waals surface area contributed by atoms with Crippen LogP contribution in [0, 0.1) is 35.3 Å². The lowest BCUT2D eigenvalue weighted by atomic mass is 10.1. The summed E-state index contributed by atoms with van der Waals surface area (Å²) in [7, 11) is 6.75. The second kappa shape index (κ2) is 16.4. The predicted octanol–water partition coefficient (Wildman–Crippen LogP) is 3.57. The molecule has 0 aliphatic carbocycles. The maximum absolute atomic E-state index is 14.3. The first-order chi connectivity index (χ1) is 18.9. The van der Waals surface area contributed by atoms with Gasteiger partial charge in [0.2, 0.25) is 12.8 Å². The quantitative estimate of drug-likeness (QED) is 0.381. The highest BCUT2D eigenvalue weighted by molar-refractivity contribution is 5.88. The Morgan fingerprint density at radius 1 is 0.625 bits per heavy atom. The zero-order valence-corrected chi connectivity index (χ0v) is 22.1. The van der Waals surface area contributed by atoms with E-state index >= 15 is 0 Å². The molecule has 40 heavy (non-hydrogen) atoms. The third-order valence-corrected chi connectivity index (χ3v) is 4.43. The number of nitrogens with zero attached hydrogens (tertiary/aromatic N) is 2. The molecule has 0 aliphatic heterocycles. The molecule has 8 nitrogen and oxygen atoms in total. The molecule has 0 aliphatic rings. The molecule has 3 rings (SSSR count). The van der Waals surface area contributed by atoms with E-state index in [0.29, 0.717) is 11.1 Å². The van der Waals surface area contributed by atoms with Gasteiger partial charge in [-0.25, -0.2) is 18.4 Å². The smallest absolute Gasteiger partial charge is 0.335 e. The van der Waals surface area contributed by atoms with Crippen LogP contribution in [0.25, 0.3) is 0 Å². The minimum atomic E-state index is -1.07. The molecule has 3 aromatic carbocycles. The van der Waals surface area contributed by atoms with E-state index in [1.807, 2.05) is 0 Å². The zero-order valence-electron chi connectivity index (χ0n) is 22.1. The Labute approximate surface area is 230 Å². The van der Waals surface area contributed by atoms with Gasteiger partial charge >= 0.3 is 11.9 Å². The Bertz CT molecular complexity index is 1350. The van der Waals surface area contributed by atoms with Gasteiger partial charge in [-0.15, -0.1) is 0 Å². The maximum atomic E-state index is 14.3. The molecular formula is C30H26F2N2O6. The minimum Gasteiger partial charge on any atom is -0.478 e. The van der Waals surface area contributed by atoms with Crippen molar-refractivity contribution in [2.45, 2.75) is 0 Å². The fraction of sp³-hybridized carbons (Fsp3) is 0.133. The first-order valence-electron chi connectivity index (χ1n) is 11.3. The molecule has 2 amide bonds. The first-order valence-corrected chi connectivity index (χ1v) is 11.3. The lowest BCUT2D eigenvalue weighted by molar-refractivity contribution is -0.116. The largest absolute Gasteiger partial charge is 0.478 e. The molecule has 3 aromatic rings. The topological polar surface area (TPSA) is 115 Å². The average molecular weight is 549 g/mol. The summed E-state index contributed by atoms with van der Waals surface area (Å²) in [6.07, 6.45) is 1.50. The van der Waals surface area contributed by atoms with Crippen LogP contribution in [0.4, 0.5) is 8.78 Å². The van der Waals surface area contributed by atoms with E-state index in [-0.39, 0.29) is 22.3 Å². The maximum Gasteiger partial charge on any atom is 0.335 e. The lowest BCUT2D eigenvalue weighted by Gasteiger charge is -1.99. The van der Waals surface area contributed by atoms with Crippen LogP contribution in [0.3, 0.4) is 0 Å². The summed E-state index contributed by atoms with van der Waals surface area (Å²) >= 11 is 0. The third-order valence-electron chi connectivity index (χ3n) is 4.43. The summed E-state index contributed by atoms with van der Waals surface area (Å²) < 4.78 is 28.6. The van der Waals surface area contributed by atoms with Crippen molar-refractivity contribution in [3.8, 4) is 23.7 Å². The van der Waals surface area contributed by atoms with Crippen LogP contribution < -0.4 is 0 Å². The monoisotopic (exact) mass is 548 g/mol. The summed E-state index contributed by atoms with van der Waals surface area (Å²) in [5.41, 5.74) is 0.774. The van der Waals surface area contributed by atoms with Crippen molar-refractivity contribution in [1.82, 2.24) is 9.80 Å². The molecule has 0 saturated carbocycles. The van der Waals surface area contributed by atoms with Crippen LogP contribution in [-0.4, -0.2) is 73.0 Å². The Morgan fingerprint density at radius 3 is 1.12 bits per heavy atom. The lowest BCUT2D eigenvalue weighted by Crippen LogP contribution is -2.06. The number of carbonyl (C=O) groups excluding carboxylic acids is 2. The summed E-state index contributed by atoms with van der Waals surface area (Å²) in [5.74, 6) is 6.70. The number of hydrogen-bond donors (Lipinski definition) is 2. The van der Waals surface area contributed by atoms with Crippen molar-refractivity contribution < 1.29 is 38.2 Å². The van der Waals surface area contributed by atoms with Gasteiger partial charge in [-0.1, -0.05) is 23.7 Å². The number of amides is 2. The minimum absolute atomic E-state index is 0.0957. The summed E-state index contributed by atoms with van der Waals surface area (Å²) in [4.78, 5) is 43.4. The number of benzene rings is 3. The SMILES string of the molecule is CN(C)C=O.CN(C)C=O.O=C(O)c1ccc(C#Cc2cc(F)c(C#Cc3ccc(C(=O)O)cc3)cc2F)cc1. The van der Waals surface area contributed by atoms with Crippen LogP contribution in [0.5, 0.6) is 0 Å². The molecule has 2 N–H and O–H groups in total. The molecule has 10 heteroatoms. The summed E-state index contributed by atoms with van der Waals surface area (Å²) in [6, 6.07) is 13.2. The normalized spacial score (nSPS) is 8.95. The number of rotatable bonds is 4. The van der Waals surface area contributed by atoms with Gasteiger partial charge in [-0.2, -0.15) is 0 Å². The Balaban J connectivity index is 0.000000686. The van der Waals surface area contributed by atoms with Crippen molar-refractivity contribution >= 4 is 24.8 Å². The Morgan fingerprint density at radius 2 is 0.900 bits per heavy atom. The first kappa shape index (κ1) is 32.5. The standard InChI is InChI=1S/C24H12F2O4.2C3H7NO/c25-21-14-20(12-6-16-3-9-18(10-4-16)24(29)30)22(26)13-19(21)11-5-15-1-7-17(8-2-15)23(27)28;2*1-4(2)3-5/h1-4,7-10,13-14H,(H,27,28)(H,29,30);2*3H,1-2H3. The summed E-state index contributed by atoms with van der Waals surface area (Å²) in [6.45, 7) is 0. The highest BCUT2D eigenvalue weighted by Crippen LogP contribution is 2.14.